The van der Waals surface area contributed by atoms with Gasteiger partial charge in [-0.15, -0.1) is 10.2 Å². The van der Waals surface area contributed by atoms with Gasteiger partial charge in [0.25, 0.3) is 0 Å². The molecule has 2 aromatic heterocycles. The molecule has 1 aromatic carbocycles. The van der Waals surface area contributed by atoms with Gasteiger partial charge in [0.15, 0.2) is 5.82 Å². The second-order valence-electron chi connectivity index (χ2n) is 9.03. The van der Waals surface area contributed by atoms with E-state index in [1.807, 2.05) is 24.3 Å². The van der Waals surface area contributed by atoms with E-state index in [0.717, 1.165) is 24.5 Å². The van der Waals surface area contributed by atoms with Gasteiger partial charge >= 0.3 is 0 Å². The highest BCUT2D eigenvalue weighted by Gasteiger charge is 2.41. The summed E-state index contributed by atoms with van der Waals surface area (Å²) in [5, 5.41) is 23.6. The number of hydrogen-bond donors (Lipinski definition) is 2. The van der Waals surface area contributed by atoms with Crippen molar-refractivity contribution in [1.29, 1.82) is 0 Å². The molecular formula is C23H31N7O. The number of phenolic OH excluding ortho intramolecular Hbond substituents is 1. The number of aromatic hydroxyl groups is 1. The SMILES string of the molecule is CC1C(N(C)c2ccc(-c3ccc(-n4cc(N)cn4)cc3O)nn2)CCN(C)C1(C)C. The number of aromatic nitrogens is 4. The van der Waals surface area contributed by atoms with Crippen LogP contribution in [0.3, 0.4) is 0 Å². The number of nitrogens with zero attached hydrogens (tertiary/aromatic N) is 6. The Hall–Kier alpha value is -3.13. The number of phenols is 1. The van der Waals surface area contributed by atoms with Gasteiger partial charge < -0.3 is 20.6 Å². The third-order valence-corrected chi connectivity index (χ3v) is 7.07. The normalized spacial score (nSPS) is 21.2. The van der Waals surface area contributed by atoms with Crippen LogP contribution in [0.1, 0.15) is 27.2 Å². The molecule has 31 heavy (non-hydrogen) atoms. The summed E-state index contributed by atoms with van der Waals surface area (Å²) in [4.78, 5) is 4.67. The average molecular weight is 422 g/mol. The number of hydrogen-bond acceptors (Lipinski definition) is 7. The summed E-state index contributed by atoms with van der Waals surface area (Å²) in [7, 11) is 4.29. The zero-order valence-electron chi connectivity index (χ0n) is 18.8. The molecule has 1 aliphatic rings. The second kappa shape index (κ2) is 7.85. The van der Waals surface area contributed by atoms with E-state index in [-0.39, 0.29) is 11.3 Å². The van der Waals surface area contributed by atoms with Crippen molar-refractivity contribution in [2.75, 3.05) is 31.3 Å². The molecule has 3 N–H and O–H groups in total. The Kier molecular flexibility index (Phi) is 5.35. The quantitative estimate of drug-likeness (QED) is 0.668. The summed E-state index contributed by atoms with van der Waals surface area (Å²) in [5.74, 6) is 1.43. The number of piperidine rings is 1. The number of benzene rings is 1. The smallest absolute Gasteiger partial charge is 0.151 e. The van der Waals surface area contributed by atoms with Gasteiger partial charge in [-0.1, -0.05) is 6.92 Å². The molecule has 0 spiro atoms. The third kappa shape index (κ3) is 3.83. The minimum Gasteiger partial charge on any atom is -0.507 e. The van der Waals surface area contributed by atoms with Crippen LogP contribution < -0.4 is 10.6 Å². The van der Waals surface area contributed by atoms with Crippen LogP contribution in [0.5, 0.6) is 5.75 Å². The predicted octanol–water partition coefficient (Wildman–Crippen LogP) is 3.17. The van der Waals surface area contributed by atoms with E-state index in [1.54, 1.807) is 23.1 Å². The molecule has 2 atom stereocenters. The Labute approximate surface area is 183 Å². The molecule has 2 unspecified atom stereocenters. The minimum atomic E-state index is 0.118. The Balaban J connectivity index is 1.54. The molecule has 3 aromatic rings. The molecule has 0 saturated carbocycles. The number of nitrogens with two attached hydrogens (primary N) is 1. The third-order valence-electron chi connectivity index (χ3n) is 7.07. The lowest BCUT2D eigenvalue weighted by Gasteiger charge is -2.51. The molecule has 3 heterocycles. The predicted molar refractivity (Wildman–Crippen MR) is 123 cm³/mol. The van der Waals surface area contributed by atoms with E-state index in [9.17, 15) is 5.11 Å². The summed E-state index contributed by atoms with van der Waals surface area (Å²) in [6.45, 7) is 7.97. The lowest BCUT2D eigenvalue weighted by molar-refractivity contribution is 0.0391. The second-order valence-corrected chi connectivity index (χ2v) is 9.03. The monoisotopic (exact) mass is 421 g/mol. The Bertz CT molecular complexity index is 1060. The van der Waals surface area contributed by atoms with Gasteiger partial charge in [0, 0.05) is 36.8 Å². The van der Waals surface area contributed by atoms with Gasteiger partial charge in [-0.3, -0.25) is 0 Å². The average Bonchev–Trinajstić information content (AvgIpc) is 3.19. The van der Waals surface area contributed by atoms with Crippen LogP contribution in [-0.4, -0.2) is 62.2 Å². The topological polar surface area (TPSA) is 96.3 Å². The van der Waals surface area contributed by atoms with Crippen molar-refractivity contribution in [3.05, 3.63) is 42.7 Å². The van der Waals surface area contributed by atoms with E-state index in [2.05, 4.69) is 60.0 Å². The van der Waals surface area contributed by atoms with Crippen LogP contribution in [0.15, 0.2) is 42.7 Å². The van der Waals surface area contributed by atoms with E-state index < -0.39 is 0 Å². The first kappa shape index (κ1) is 21.1. The van der Waals surface area contributed by atoms with Crippen LogP contribution in [0.2, 0.25) is 0 Å². The first-order chi connectivity index (χ1) is 14.7. The van der Waals surface area contributed by atoms with Crippen molar-refractivity contribution in [3.63, 3.8) is 0 Å². The summed E-state index contributed by atoms with van der Waals surface area (Å²) < 4.78 is 1.62. The van der Waals surface area contributed by atoms with E-state index >= 15 is 0 Å². The zero-order chi connectivity index (χ0) is 22.3. The fourth-order valence-electron chi connectivity index (χ4n) is 4.40. The maximum absolute atomic E-state index is 10.6. The summed E-state index contributed by atoms with van der Waals surface area (Å²) in [5.41, 5.74) is 8.39. The maximum Gasteiger partial charge on any atom is 0.151 e. The molecule has 8 heteroatoms. The molecule has 4 rings (SSSR count). The van der Waals surface area contributed by atoms with Crippen LogP contribution in [-0.2, 0) is 0 Å². The van der Waals surface area contributed by atoms with Gasteiger partial charge in [0.2, 0.25) is 0 Å². The fourth-order valence-corrected chi connectivity index (χ4v) is 4.40. The lowest BCUT2D eigenvalue weighted by atomic mass is 9.77. The summed E-state index contributed by atoms with van der Waals surface area (Å²) in [6, 6.07) is 9.60. The van der Waals surface area contributed by atoms with Gasteiger partial charge in [0.05, 0.1) is 29.5 Å². The Morgan fingerprint density at radius 3 is 2.58 bits per heavy atom. The lowest BCUT2D eigenvalue weighted by Crippen LogP contribution is -2.59. The maximum atomic E-state index is 10.6. The highest BCUT2D eigenvalue weighted by Crippen LogP contribution is 2.36. The first-order valence-corrected chi connectivity index (χ1v) is 10.6. The van der Waals surface area contributed by atoms with Crippen LogP contribution in [0, 0.1) is 5.92 Å². The van der Waals surface area contributed by atoms with Crippen LogP contribution >= 0.6 is 0 Å². The van der Waals surface area contributed by atoms with Crippen molar-refractivity contribution in [1.82, 2.24) is 24.9 Å². The largest absolute Gasteiger partial charge is 0.507 e. The van der Waals surface area contributed by atoms with Gasteiger partial charge in [-0.2, -0.15) is 5.10 Å². The molecular weight excluding hydrogens is 390 g/mol. The van der Waals surface area contributed by atoms with E-state index in [1.165, 1.54) is 0 Å². The van der Waals surface area contributed by atoms with Crippen molar-refractivity contribution >= 4 is 11.5 Å². The highest BCUT2D eigenvalue weighted by molar-refractivity contribution is 5.69. The first-order valence-electron chi connectivity index (χ1n) is 10.6. The zero-order valence-corrected chi connectivity index (χ0v) is 18.8. The molecule has 1 saturated heterocycles. The summed E-state index contributed by atoms with van der Waals surface area (Å²) >= 11 is 0. The molecule has 164 valence electrons. The Morgan fingerprint density at radius 1 is 1.19 bits per heavy atom. The Morgan fingerprint density at radius 2 is 1.97 bits per heavy atom. The molecule has 0 radical (unpaired) electrons. The minimum absolute atomic E-state index is 0.118. The fraction of sp³-hybridized carbons (Fsp3) is 0.435. The van der Waals surface area contributed by atoms with Crippen LogP contribution in [0.4, 0.5) is 11.5 Å². The van der Waals surface area contributed by atoms with E-state index in [4.69, 9.17) is 5.73 Å². The highest BCUT2D eigenvalue weighted by atomic mass is 16.3. The van der Waals surface area contributed by atoms with Crippen molar-refractivity contribution in [3.8, 4) is 22.7 Å². The molecule has 0 amide bonds. The summed E-state index contributed by atoms with van der Waals surface area (Å²) in [6.07, 6.45) is 4.35. The molecule has 0 bridgehead atoms. The standard InChI is InChI=1S/C23H31N7O/c1-15-20(10-11-28(4)23(15,2)3)29(5)22-9-8-19(26-27-22)18-7-6-17(12-21(18)31)30-14-16(24)13-25-30/h6-9,12-15,20,31H,10-11,24H2,1-5H3. The van der Waals surface area contributed by atoms with Gasteiger partial charge in [-0.05, 0) is 57.5 Å². The van der Waals surface area contributed by atoms with Crippen molar-refractivity contribution in [2.45, 2.75) is 38.8 Å². The van der Waals surface area contributed by atoms with Crippen LogP contribution in [0.25, 0.3) is 16.9 Å². The van der Waals surface area contributed by atoms with E-state index in [0.29, 0.717) is 28.9 Å². The molecule has 0 aliphatic carbocycles. The molecule has 8 nitrogen and oxygen atoms in total. The molecule has 1 fully saturated rings. The number of nitrogen functional groups attached to an aromatic ring is 1. The van der Waals surface area contributed by atoms with Gasteiger partial charge in [0.1, 0.15) is 5.75 Å². The van der Waals surface area contributed by atoms with Crippen molar-refractivity contribution in [2.24, 2.45) is 5.92 Å². The van der Waals surface area contributed by atoms with Crippen molar-refractivity contribution < 1.29 is 5.11 Å². The molecule has 1 aliphatic heterocycles. The van der Waals surface area contributed by atoms with Gasteiger partial charge in [-0.25, -0.2) is 4.68 Å². The number of likely N-dealkylation sites (tertiary alicyclic amines) is 1. The number of anilines is 2. The number of rotatable bonds is 4.